The molecule has 1 saturated heterocycles. The Labute approximate surface area is 94.2 Å². The lowest BCUT2D eigenvalue weighted by molar-refractivity contribution is 0.0693. The number of likely N-dealkylation sites (tertiary alicyclic amines) is 1. The smallest absolute Gasteiger partial charge is 0.274 e. The first-order valence-corrected chi connectivity index (χ1v) is 5.75. The summed E-state index contributed by atoms with van der Waals surface area (Å²) in [5, 5.41) is 4.01. The Morgan fingerprint density at radius 2 is 2.38 bits per heavy atom. The average molecular weight is 220 g/mol. The van der Waals surface area contributed by atoms with E-state index in [2.05, 4.69) is 5.10 Å². The molecule has 0 aromatic carbocycles. The fourth-order valence-corrected chi connectivity index (χ4v) is 3.03. The Morgan fingerprint density at radius 3 is 2.88 bits per heavy atom. The van der Waals surface area contributed by atoms with Gasteiger partial charge in [-0.3, -0.25) is 9.48 Å². The third-order valence-corrected chi connectivity index (χ3v) is 3.84. The second kappa shape index (κ2) is 3.23. The van der Waals surface area contributed by atoms with Gasteiger partial charge in [0, 0.05) is 19.6 Å². The summed E-state index contributed by atoms with van der Waals surface area (Å²) in [6.45, 7) is 0.897. The quantitative estimate of drug-likeness (QED) is 0.755. The van der Waals surface area contributed by atoms with Gasteiger partial charge in [0.15, 0.2) is 0 Å². The molecule has 1 aromatic rings. The minimum Gasteiger partial charge on any atom is -0.396 e. The van der Waals surface area contributed by atoms with E-state index in [1.807, 2.05) is 4.90 Å². The highest BCUT2D eigenvalue weighted by molar-refractivity contribution is 5.97. The van der Waals surface area contributed by atoms with E-state index in [9.17, 15) is 4.79 Å². The van der Waals surface area contributed by atoms with E-state index in [1.165, 1.54) is 12.8 Å². The number of carbonyl (C=O) groups excluding carboxylic acids is 1. The Morgan fingerprint density at radius 1 is 1.56 bits per heavy atom. The van der Waals surface area contributed by atoms with Crippen molar-refractivity contribution in [1.82, 2.24) is 14.7 Å². The van der Waals surface area contributed by atoms with E-state index in [0.717, 1.165) is 13.0 Å². The van der Waals surface area contributed by atoms with Gasteiger partial charge in [-0.05, 0) is 25.2 Å². The average Bonchev–Trinajstić information content (AvgIpc) is 2.93. The van der Waals surface area contributed by atoms with Gasteiger partial charge in [-0.15, -0.1) is 0 Å². The van der Waals surface area contributed by atoms with Crippen LogP contribution in [0.1, 0.15) is 29.8 Å². The topological polar surface area (TPSA) is 64.2 Å². The summed E-state index contributed by atoms with van der Waals surface area (Å²) in [5.74, 6) is 0.758. The second-order valence-electron chi connectivity index (χ2n) is 4.86. The molecule has 3 rings (SSSR count). The van der Waals surface area contributed by atoms with E-state index in [-0.39, 0.29) is 5.91 Å². The van der Waals surface area contributed by atoms with Gasteiger partial charge in [0.2, 0.25) is 0 Å². The molecule has 16 heavy (non-hydrogen) atoms. The van der Waals surface area contributed by atoms with Crippen molar-refractivity contribution >= 4 is 11.6 Å². The van der Waals surface area contributed by atoms with Crippen molar-refractivity contribution < 1.29 is 4.79 Å². The first kappa shape index (κ1) is 9.69. The van der Waals surface area contributed by atoms with Crippen LogP contribution >= 0.6 is 0 Å². The predicted molar refractivity (Wildman–Crippen MR) is 59.8 cm³/mol. The van der Waals surface area contributed by atoms with Gasteiger partial charge in [-0.2, -0.15) is 5.10 Å². The zero-order valence-electron chi connectivity index (χ0n) is 9.39. The summed E-state index contributed by atoms with van der Waals surface area (Å²) in [7, 11) is 1.76. The Kier molecular flexibility index (Phi) is 1.96. The first-order chi connectivity index (χ1) is 7.66. The van der Waals surface area contributed by atoms with Gasteiger partial charge in [-0.25, -0.2) is 0 Å². The molecule has 0 radical (unpaired) electrons. The minimum atomic E-state index is 0.0460. The van der Waals surface area contributed by atoms with E-state index in [4.69, 9.17) is 5.73 Å². The predicted octanol–water partition coefficient (Wildman–Crippen LogP) is 0.627. The van der Waals surface area contributed by atoms with Crippen LogP contribution in [0.4, 0.5) is 5.69 Å². The molecule has 2 N–H and O–H groups in total. The molecule has 86 valence electrons. The molecule has 1 amide bonds. The van der Waals surface area contributed by atoms with Gasteiger partial charge in [-0.1, -0.05) is 0 Å². The maximum absolute atomic E-state index is 12.3. The Hall–Kier alpha value is -1.52. The van der Waals surface area contributed by atoms with Crippen LogP contribution in [0.2, 0.25) is 0 Å². The molecule has 1 aromatic heterocycles. The number of nitrogens with zero attached hydrogens (tertiary/aromatic N) is 3. The number of aromatic nitrogens is 2. The number of rotatable bonds is 1. The molecule has 2 unspecified atom stereocenters. The molecule has 2 heterocycles. The van der Waals surface area contributed by atoms with E-state index >= 15 is 0 Å². The summed E-state index contributed by atoms with van der Waals surface area (Å²) < 4.78 is 1.57. The number of hydrogen-bond donors (Lipinski definition) is 1. The molecule has 2 aliphatic rings. The van der Waals surface area contributed by atoms with Crippen molar-refractivity contribution in [3.63, 3.8) is 0 Å². The van der Waals surface area contributed by atoms with E-state index in [1.54, 1.807) is 17.9 Å². The minimum absolute atomic E-state index is 0.0460. The normalized spacial score (nSPS) is 27.7. The van der Waals surface area contributed by atoms with Gasteiger partial charge in [0.1, 0.15) is 5.69 Å². The Bertz CT molecular complexity index is 420. The number of piperidine rings is 1. The number of hydrogen-bond acceptors (Lipinski definition) is 3. The molecule has 0 spiro atoms. The van der Waals surface area contributed by atoms with Crippen molar-refractivity contribution in [2.75, 3.05) is 12.3 Å². The summed E-state index contributed by atoms with van der Waals surface area (Å²) in [5.41, 5.74) is 6.79. The van der Waals surface area contributed by atoms with Crippen LogP contribution in [-0.4, -0.2) is 33.2 Å². The van der Waals surface area contributed by atoms with Crippen LogP contribution in [0, 0.1) is 5.92 Å². The molecule has 1 aliphatic heterocycles. The highest BCUT2D eigenvalue weighted by Gasteiger charge is 2.41. The van der Waals surface area contributed by atoms with Gasteiger partial charge < -0.3 is 10.6 Å². The lowest BCUT2D eigenvalue weighted by Gasteiger charge is -2.27. The number of carbonyl (C=O) groups is 1. The SMILES string of the molecule is Cn1ncc(N)c1C(=O)N1CC2CCC1C2. The maximum Gasteiger partial charge on any atom is 0.274 e. The van der Waals surface area contributed by atoms with Crippen molar-refractivity contribution in [1.29, 1.82) is 0 Å². The molecular weight excluding hydrogens is 204 g/mol. The maximum atomic E-state index is 12.3. The lowest BCUT2D eigenvalue weighted by Crippen LogP contribution is -2.38. The van der Waals surface area contributed by atoms with Crippen molar-refractivity contribution in [3.8, 4) is 0 Å². The number of aryl methyl sites for hydroxylation is 1. The molecule has 2 fully saturated rings. The van der Waals surface area contributed by atoms with Crippen LogP contribution < -0.4 is 5.73 Å². The fraction of sp³-hybridized carbons (Fsp3) is 0.636. The molecule has 5 heteroatoms. The molecule has 5 nitrogen and oxygen atoms in total. The fourth-order valence-electron chi connectivity index (χ4n) is 3.03. The number of nitrogen functional groups attached to an aromatic ring is 1. The molecular formula is C11H16N4O. The molecule has 1 aliphatic carbocycles. The van der Waals surface area contributed by atoms with Gasteiger partial charge in [0.25, 0.3) is 5.91 Å². The van der Waals surface area contributed by atoms with Crippen LogP contribution in [0.5, 0.6) is 0 Å². The monoisotopic (exact) mass is 220 g/mol. The molecule has 1 saturated carbocycles. The number of fused-ring (bicyclic) bond motifs is 2. The summed E-state index contributed by atoms with van der Waals surface area (Å²) in [4.78, 5) is 14.3. The van der Waals surface area contributed by atoms with Crippen LogP contribution in [-0.2, 0) is 7.05 Å². The molecule has 2 bridgehead atoms. The highest BCUT2D eigenvalue weighted by Crippen LogP contribution is 2.38. The van der Waals surface area contributed by atoms with E-state index < -0.39 is 0 Å². The number of nitrogens with two attached hydrogens (primary N) is 1. The lowest BCUT2D eigenvalue weighted by atomic mass is 10.1. The summed E-state index contributed by atoms with van der Waals surface area (Å²) in [6.07, 6.45) is 5.13. The number of anilines is 1. The van der Waals surface area contributed by atoms with Crippen LogP contribution in [0.3, 0.4) is 0 Å². The number of amides is 1. The van der Waals surface area contributed by atoms with Gasteiger partial charge >= 0.3 is 0 Å². The van der Waals surface area contributed by atoms with E-state index in [0.29, 0.717) is 23.3 Å². The second-order valence-corrected chi connectivity index (χ2v) is 4.86. The van der Waals surface area contributed by atoms with Crippen molar-refractivity contribution in [2.24, 2.45) is 13.0 Å². The highest BCUT2D eigenvalue weighted by atomic mass is 16.2. The van der Waals surface area contributed by atoms with Crippen molar-refractivity contribution in [2.45, 2.75) is 25.3 Å². The largest absolute Gasteiger partial charge is 0.396 e. The Balaban J connectivity index is 1.89. The van der Waals surface area contributed by atoms with Crippen LogP contribution in [0.25, 0.3) is 0 Å². The zero-order valence-corrected chi connectivity index (χ0v) is 9.39. The molecule has 2 atom stereocenters. The third kappa shape index (κ3) is 1.24. The summed E-state index contributed by atoms with van der Waals surface area (Å²) >= 11 is 0. The van der Waals surface area contributed by atoms with Gasteiger partial charge in [0.05, 0.1) is 11.9 Å². The van der Waals surface area contributed by atoms with Crippen molar-refractivity contribution in [3.05, 3.63) is 11.9 Å². The first-order valence-electron chi connectivity index (χ1n) is 5.75. The zero-order chi connectivity index (χ0) is 11.3. The van der Waals surface area contributed by atoms with Crippen LogP contribution in [0.15, 0.2) is 6.20 Å². The standard InChI is InChI=1S/C11H16N4O/c1-14-10(9(12)5-13-14)11(16)15-6-7-2-3-8(15)4-7/h5,7-8H,2-4,6,12H2,1H3. The summed E-state index contributed by atoms with van der Waals surface area (Å²) in [6, 6.07) is 0.437. The third-order valence-electron chi connectivity index (χ3n) is 3.84.